The lowest BCUT2D eigenvalue weighted by Crippen LogP contribution is -2.41. The van der Waals surface area contributed by atoms with Gasteiger partial charge in [0.1, 0.15) is 5.75 Å². The summed E-state index contributed by atoms with van der Waals surface area (Å²) in [5, 5.41) is 0. The third-order valence-electron chi connectivity index (χ3n) is 5.90. The van der Waals surface area contributed by atoms with Crippen LogP contribution in [0.3, 0.4) is 0 Å². The van der Waals surface area contributed by atoms with E-state index in [0.717, 1.165) is 51.4 Å². The summed E-state index contributed by atoms with van der Waals surface area (Å²) in [5.41, 5.74) is 1.11. The van der Waals surface area contributed by atoms with Crippen molar-refractivity contribution < 1.29 is 9.53 Å². The molecule has 3 rings (SSSR count). The summed E-state index contributed by atoms with van der Waals surface area (Å²) in [4.78, 5) is 19.8. The third-order valence-corrected chi connectivity index (χ3v) is 5.90. The van der Waals surface area contributed by atoms with Gasteiger partial charge in [-0.05, 0) is 44.1 Å². The summed E-state index contributed by atoms with van der Waals surface area (Å²) in [7, 11) is 5.81. The molecule has 0 bridgehead atoms. The predicted octanol–water partition coefficient (Wildman–Crippen LogP) is 1.93. The molecule has 0 saturated carbocycles. The molecule has 1 amide bonds. The van der Waals surface area contributed by atoms with E-state index in [1.807, 2.05) is 12.1 Å². The highest BCUT2D eigenvalue weighted by molar-refractivity contribution is 5.86. The van der Waals surface area contributed by atoms with E-state index in [9.17, 15) is 4.79 Å². The van der Waals surface area contributed by atoms with Crippen molar-refractivity contribution in [1.29, 1.82) is 0 Å². The van der Waals surface area contributed by atoms with Crippen molar-refractivity contribution >= 4 is 5.91 Å². The van der Waals surface area contributed by atoms with E-state index in [0.29, 0.717) is 11.8 Å². The molecule has 1 aromatic rings. The van der Waals surface area contributed by atoms with Crippen LogP contribution in [0.15, 0.2) is 24.3 Å². The third kappa shape index (κ3) is 3.67. The van der Waals surface area contributed by atoms with Gasteiger partial charge in [-0.2, -0.15) is 0 Å². The Balaban J connectivity index is 1.63. The second-order valence-electron chi connectivity index (χ2n) is 7.92. The van der Waals surface area contributed by atoms with E-state index in [1.54, 1.807) is 7.11 Å². The van der Waals surface area contributed by atoms with Crippen molar-refractivity contribution in [1.82, 2.24) is 14.7 Å². The average Bonchev–Trinajstić information content (AvgIpc) is 3.07. The van der Waals surface area contributed by atoms with Crippen LogP contribution >= 0.6 is 0 Å². The van der Waals surface area contributed by atoms with Crippen LogP contribution in [0.5, 0.6) is 5.75 Å². The molecule has 0 N–H and O–H groups in total. The maximum absolute atomic E-state index is 13.1. The Labute approximate surface area is 151 Å². The maximum atomic E-state index is 13.1. The second kappa shape index (κ2) is 7.34. The van der Waals surface area contributed by atoms with Gasteiger partial charge in [0.2, 0.25) is 5.91 Å². The number of hydrogen-bond donors (Lipinski definition) is 0. The summed E-state index contributed by atoms with van der Waals surface area (Å²) in [5.74, 6) is 1.68. The Bertz CT molecular complexity index is 601. The van der Waals surface area contributed by atoms with Crippen LogP contribution in [0.2, 0.25) is 0 Å². The maximum Gasteiger partial charge on any atom is 0.230 e. The summed E-state index contributed by atoms with van der Waals surface area (Å²) >= 11 is 0. The lowest BCUT2D eigenvalue weighted by Gasteiger charge is -2.27. The number of carbonyl (C=O) groups is 1. The minimum Gasteiger partial charge on any atom is -0.497 e. The van der Waals surface area contributed by atoms with Crippen molar-refractivity contribution in [3.8, 4) is 5.75 Å². The second-order valence-corrected chi connectivity index (χ2v) is 7.92. The highest BCUT2D eigenvalue weighted by atomic mass is 16.5. The molecule has 1 aromatic carbocycles. The molecular formula is C20H31N3O2. The Morgan fingerprint density at radius 1 is 1.28 bits per heavy atom. The number of carbonyl (C=O) groups excluding carboxylic acids is 1. The van der Waals surface area contributed by atoms with E-state index >= 15 is 0 Å². The molecule has 2 saturated heterocycles. The van der Waals surface area contributed by atoms with Crippen LogP contribution in [0, 0.1) is 11.3 Å². The van der Waals surface area contributed by atoms with Crippen molar-refractivity contribution in [3.05, 3.63) is 29.8 Å². The molecule has 5 heteroatoms. The number of methoxy groups -OCH3 is 1. The monoisotopic (exact) mass is 345 g/mol. The van der Waals surface area contributed by atoms with Crippen molar-refractivity contribution in [3.63, 3.8) is 0 Å². The van der Waals surface area contributed by atoms with E-state index in [-0.39, 0.29) is 5.41 Å². The average molecular weight is 345 g/mol. The first-order chi connectivity index (χ1) is 11.9. The Kier molecular flexibility index (Phi) is 5.35. The van der Waals surface area contributed by atoms with E-state index in [1.165, 1.54) is 5.56 Å². The van der Waals surface area contributed by atoms with Crippen LogP contribution in [-0.2, 0) is 11.3 Å². The van der Waals surface area contributed by atoms with Gasteiger partial charge in [0.25, 0.3) is 0 Å². The summed E-state index contributed by atoms with van der Waals surface area (Å²) in [6.07, 6.45) is 1.000. The topological polar surface area (TPSA) is 36.0 Å². The summed E-state index contributed by atoms with van der Waals surface area (Å²) < 4.78 is 5.23. The molecule has 2 aliphatic heterocycles. The van der Waals surface area contributed by atoms with Gasteiger partial charge >= 0.3 is 0 Å². The number of ether oxygens (including phenoxy) is 1. The lowest BCUT2D eigenvalue weighted by atomic mass is 9.78. The zero-order valence-electron chi connectivity index (χ0n) is 16.0. The highest BCUT2D eigenvalue weighted by Crippen LogP contribution is 2.45. The number of likely N-dealkylation sites (tertiary alicyclic amines) is 2. The van der Waals surface area contributed by atoms with Crippen LogP contribution in [-0.4, -0.2) is 74.5 Å². The quantitative estimate of drug-likeness (QED) is 0.789. The first kappa shape index (κ1) is 18.2. The fourth-order valence-corrected chi connectivity index (χ4v) is 4.29. The van der Waals surface area contributed by atoms with Gasteiger partial charge in [0.05, 0.1) is 12.5 Å². The zero-order chi connectivity index (χ0) is 18.0. The molecule has 0 aromatic heterocycles. The lowest BCUT2D eigenvalue weighted by molar-refractivity contribution is -0.137. The fourth-order valence-electron chi connectivity index (χ4n) is 4.29. The molecule has 1 spiro atoms. The molecule has 0 unspecified atom stereocenters. The van der Waals surface area contributed by atoms with Crippen molar-refractivity contribution in [2.24, 2.45) is 11.3 Å². The Hall–Kier alpha value is -1.59. The van der Waals surface area contributed by atoms with Gasteiger partial charge in [-0.25, -0.2) is 0 Å². The minimum absolute atomic E-state index is 0.168. The molecule has 2 heterocycles. The molecule has 0 aliphatic carbocycles. The number of hydrogen-bond acceptors (Lipinski definition) is 4. The first-order valence-electron chi connectivity index (χ1n) is 9.24. The molecule has 25 heavy (non-hydrogen) atoms. The SMILES string of the molecule is COc1ccc(CN2C[C@@H](C)[C@@]3(CCN(CCN(C)C)C3=O)C2)cc1. The fraction of sp³-hybridized carbons (Fsp3) is 0.650. The highest BCUT2D eigenvalue weighted by Gasteiger charge is 2.54. The molecule has 2 atom stereocenters. The van der Waals surface area contributed by atoms with E-state index in [4.69, 9.17) is 4.74 Å². The molecular weight excluding hydrogens is 314 g/mol. The minimum atomic E-state index is -0.168. The Morgan fingerprint density at radius 2 is 2.00 bits per heavy atom. The Morgan fingerprint density at radius 3 is 2.64 bits per heavy atom. The van der Waals surface area contributed by atoms with Crippen LogP contribution in [0.4, 0.5) is 0 Å². The standard InChI is InChI=1S/C20H31N3O2/c1-16-13-22(14-17-5-7-18(25-4)8-6-17)15-20(16)9-10-23(19(20)24)12-11-21(2)3/h5-8,16H,9-15H2,1-4H3/t16-,20-/m1/s1. The number of amides is 1. The summed E-state index contributed by atoms with van der Waals surface area (Å²) in [6.45, 7) is 7.73. The molecule has 0 radical (unpaired) electrons. The largest absolute Gasteiger partial charge is 0.497 e. The van der Waals surface area contributed by atoms with Crippen LogP contribution < -0.4 is 4.74 Å². The number of rotatable bonds is 6. The smallest absolute Gasteiger partial charge is 0.230 e. The van der Waals surface area contributed by atoms with Crippen LogP contribution in [0.25, 0.3) is 0 Å². The molecule has 2 fully saturated rings. The van der Waals surface area contributed by atoms with E-state index < -0.39 is 0 Å². The summed E-state index contributed by atoms with van der Waals surface area (Å²) in [6, 6.07) is 8.26. The number of nitrogens with zero attached hydrogens (tertiary/aromatic N) is 3. The number of likely N-dealkylation sites (N-methyl/N-ethyl adjacent to an activating group) is 1. The molecule has 5 nitrogen and oxygen atoms in total. The van der Waals surface area contributed by atoms with Gasteiger partial charge in [-0.15, -0.1) is 0 Å². The van der Waals surface area contributed by atoms with Gasteiger partial charge in [0.15, 0.2) is 0 Å². The number of benzene rings is 1. The zero-order valence-corrected chi connectivity index (χ0v) is 16.0. The normalized spacial score (nSPS) is 27.0. The van der Waals surface area contributed by atoms with E-state index in [2.05, 4.69) is 47.9 Å². The first-order valence-corrected chi connectivity index (χ1v) is 9.24. The van der Waals surface area contributed by atoms with Crippen molar-refractivity contribution in [2.45, 2.75) is 19.9 Å². The van der Waals surface area contributed by atoms with Crippen LogP contribution in [0.1, 0.15) is 18.9 Å². The van der Waals surface area contributed by atoms with Crippen molar-refractivity contribution in [2.75, 3.05) is 53.9 Å². The predicted molar refractivity (Wildman–Crippen MR) is 99.6 cm³/mol. The molecule has 2 aliphatic rings. The van der Waals surface area contributed by atoms with Gasteiger partial charge in [-0.3, -0.25) is 9.69 Å². The van der Waals surface area contributed by atoms with Gasteiger partial charge in [-0.1, -0.05) is 19.1 Å². The van der Waals surface area contributed by atoms with Gasteiger partial charge in [0, 0.05) is 39.3 Å². The van der Waals surface area contributed by atoms with Gasteiger partial charge < -0.3 is 14.5 Å². The molecule has 138 valence electrons.